The first-order valence-electron chi connectivity index (χ1n) is 8.06. The number of aromatic nitrogens is 1. The van der Waals surface area contributed by atoms with E-state index in [1.807, 2.05) is 0 Å². The maximum absolute atomic E-state index is 12.7. The Balaban J connectivity index is 0.00000320. The zero-order chi connectivity index (χ0) is 21.1. The van der Waals surface area contributed by atoms with Crippen LogP contribution in [0.4, 0.5) is 5.13 Å². The summed E-state index contributed by atoms with van der Waals surface area (Å²) in [4.78, 5) is 46.7. The van der Waals surface area contributed by atoms with Crippen LogP contribution in [-0.2, 0) is 19.2 Å². The monoisotopic (exact) mass is 455 g/mol. The van der Waals surface area contributed by atoms with Crippen molar-refractivity contribution in [2.45, 2.75) is 11.4 Å². The largest absolute Gasteiger partial charge is 1.00 e. The Morgan fingerprint density at radius 3 is 2.90 bits per heavy atom. The number of fused-ring (bicyclic) bond motifs is 1. The van der Waals surface area contributed by atoms with Gasteiger partial charge in [-0.3, -0.25) is 14.5 Å². The number of oxime groups is 1. The van der Waals surface area contributed by atoms with E-state index in [2.05, 4.69) is 28.0 Å². The Labute approximate surface area is 201 Å². The van der Waals surface area contributed by atoms with Gasteiger partial charge >= 0.3 is 29.6 Å². The summed E-state index contributed by atoms with van der Waals surface area (Å²) in [6.45, 7) is 3.39. The van der Waals surface area contributed by atoms with Crippen molar-refractivity contribution in [3.8, 4) is 12.3 Å². The summed E-state index contributed by atoms with van der Waals surface area (Å²) < 4.78 is 0. The van der Waals surface area contributed by atoms with Crippen molar-refractivity contribution in [2.24, 2.45) is 5.16 Å². The van der Waals surface area contributed by atoms with E-state index in [0.717, 1.165) is 16.2 Å². The molecule has 0 aromatic carbocycles. The van der Waals surface area contributed by atoms with Gasteiger partial charge in [0.2, 0.25) is 0 Å². The normalized spacial score (nSPS) is 20.3. The van der Waals surface area contributed by atoms with Crippen molar-refractivity contribution >= 4 is 51.7 Å². The van der Waals surface area contributed by atoms with Gasteiger partial charge in [0.15, 0.2) is 17.5 Å². The Morgan fingerprint density at radius 1 is 1.60 bits per heavy atom. The minimum Gasteiger partial charge on any atom is -0.543 e. The molecule has 2 aliphatic heterocycles. The third-order valence-corrected chi connectivity index (χ3v) is 5.98. The second-order valence-corrected chi connectivity index (χ2v) is 7.71. The van der Waals surface area contributed by atoms with E-state index in [1.165, 1.54) is 23.2 Å². The third kappa shape index (κ3) is 4.55. The Morgan fingerprint density at radius 2 is 2.33 bits per heavy atom. The molecule has 13 heteroatoms. The molecule has 1 aromatic heterocycles. The first kappa shape index (κ1) is 24.0. The predicted molar refractivity (Wildman–Crippen MR) is 105 cm³/mol. The fourth-order valence-corrected chi connectivity index (χ4v) is 4.62. The molecule has 0 bridgehead atoms. The van der Waals surface area contributed by atoms with Gasteiger partial charge in [0.1, 0.15) is 17.1 Å². The van der Waals surface area contributed by atoms with E-state index >= 15 is 0 Å². The van der Waals surface area contributed by atoms with Crippen LogP contribution < -0.4 is 45.7 Å². The van der Waals surface area contributed by atoms with Crippen LogP contribution in [0.1, 0.15) is 5.69 Å². The molecule has 3 rings (SSSR count). The van der Waals surface area contributed by atoms with Gasteiger partial charge in [0.25, 0.3) is 11.8 Å². The van der Waals surface area contributed by atoms with Crippen LogP contribution >= 0.6 is 23.1 Å². The van der Waals surface area contributed by atoms with Gasteiger partial charge in [0, 0.05) is 11.1 Å². The molecule has 3 N–H and O–H groups in total. The minimum atomic E-state index is -1.48. The molecule has 2 atom stereocenters. The van der Waals surface area contributed by atoms with Gasteiger partial charge < -0.3 is 25.8 Å². The molecule has 2 aliphatic rings. The van der Waals surface area contributed by atoms with E-state index in [1.54, 1.807) is 0 Å². The van der Waals surface area contributed by atoms with Crippen molar-refractivity contribution in [3.63, 3.8) is 0 Å². The number of carbonyl (C=O) groups excluding carboxylic acids is 3. The van der Waals surface area contributed by atoms with Gasteiger partial charge in [-0.05, 0) is 5.57 Å². The maximum atomic E-state index is 12.7. The first-order valence-corrected chi connectivity index (χ1v) is 9.99. The number of carbonyl (C=O) groups is 3. The molecule has 0 radical (unpaired) electrons. The van der Waals surface area contributed by atoms with Crippen molar-refractivity contribution in [2.75, 3.05) is 18.1 Å². The molecule has 3 heterocycles. The number of aliphatic carboxylic acids is 1. The summed E-state index contributed by atoms with van der Waals surface area (Å²) >= 11 is 2.39. The molecule has 0 spiro atoms. The molecule has 0 saturated carbocycles. The second-order valence-electron chi connectivity index (χ2n) is 5.71. The number of nitrogens with one attached hydrogen (secondary N) is 1. The molecular formula is C17H14N5NaO5S2. The Bertz CT molecular complexity index is 999. The summed E-state index contributed by atoms with van der Waals surface area (Å²) in [5.41, 5.74) is 5.69. The molecule has 150 valence electrons. The topological polar surface area (TPSA) is 150 Å². The summed E-state index contributed by atoms with van der Waals surface area (Å²) in [5.74, 6) is -0.287. The van der Waals surface area contributed by atoms with Crippen molar-refractivity contribution in [1.82, 2.24) is 15.2 Å². The number of thiazole rings is 1. The van der Waals surface area contributed by atoms with Crippen LogP contribution in [0, 0.1) is 12.3 Å². The van der Waals surface area contributed by atoms with Gasteiger partial charge in [-0.25, -0.2) is 4.98 Å². The second kappa shape index (κ2) is 10.1. The number of carboxylic acid groups (broad SMARTS) is 1. The quantitative estimate of drug-likeness (QED) is 0.105. The number of anilines is 1. The van der Waals surface area contributed by atoms with E-state index < -0.39 is 29.2 Å². The van der Waals surface area contributed by atoms with Crippen LogP contribution in [0.15, 0.2) is 34.5 Å². The molecule has 0 aliphatic carbocycles. The number of thioether (sulfide) groups is 1. The number of terminal acetylenes is 1. The SMILES string of the molecule is C#CCON=C(C(=O)NC1C(=O)N2C(C(=O)[O-])=C(C=C)CS[C@H]12)c1csc(N)n1.[Na+]. The number of nitrogens with two attached hydrogens (primary N) is 1. The summed E-state index contributed by atoms with van der Waals surface area (Å²) in [6.07, 6.45) is 6.47. The summed E-state index contributed by atoms with van der Waals surface area (Å²) in [7, 11) is 0. The van der Waals surface area contributed by atoms with Crippen LogP contribution in [0.25, 0.3) is 0 Å². The zero-order valence-corrected chi connectivity index (χ0v) is 19.4. The maximum Gasteiger partial charge on any atom is 1.00 e. The van der Waals surface area contributed by atoms with Crippen LogP contribution in [0.5, 0.6) is 0 Å². The van der Waals surface area contributed by atoms with E-state index in [-0.39, 0.29) is 58.4 Å². The predicted octanol–water partition coefficient (Wildman–Crippen LogP) is -4.33. The number of amides is 2. The molecule has 2 amide bonds. The fraction of sp³-hybridized carbons (Fsp3) is 0.235. The number of allylic oxidation sites excluding steroid dienone is 1. The van der Waals surface area contributed by atoms with Gasteiger partial charge in [-0.1, -0.05) is 23.7 Å². The Hall–Kier alpha value is -2.30. The number of β-lactam (4-membered cyclic amide) rings is 1. The van der Waals surface area contributed by atoms with Crippen molar-refractivity contribution in [1.29, 1.82) is 0 Å². The number of rotatable bonds is 7. The number of hydrogen-bond donors (Lipinski definition) is 2. The molecule has 1 aromatic rings. The molecule has 1 saturated heterocycles. The average Bonchev–Trinajstić information content (AvgIpc) is 3.13. The van der Waals surface area contributed by atoms with Crippen LogP contribution in [-0.4, -0.2) is 57.2 Å². The first-order chi connectivity index (χ1) is 13.9. The summed E-state index contributed by atoms with van der Waals surface area (Å²) in [6, 6.07) is -0.956. The van der Waals surface area contributed by atoms with Crippen LogP contribution in [0.3, 0.4) is 0 Å². The van der Waals surface area contributed by atoms with E-state index in [9.17, 15) is 19.5 Å². The minimum absolute atomic E-state index is 0. The molecule has 1 fully saturated rings. The Kier molecular flexibility index (Phi) is 8.10. The van der Waals surface area contributed by atoms with Crippen molar-refractivity contribution < 1.29 is 53.9 Å². The average molecular weight is 455 g/mol. The molecule has 1 unspecified atom stereocenters. The number of nitrogen functional groups attached to an aromatic ring is 1. The number of carboxylic acids is 1. The van der Waals surface area contributed by atoms with E-state index in [4.69, 9.17) is 17.0 Å². The standard InChI is InChI=1S/C17H15N5O5S2.Na/c1-3-5-27-21-10(9-7-29-17(18)19-9)13(23)20-11-14(24)22-12(16(25)26)8(4-2)6-28-15(11)22;/h1,4,7,11,15H,2,5-6H2,(H2,18,19)(H,20,23)(H,25,26);/q;+1/p-1/t11?,15-;/m1./s1. The van der Waals surface area contributed by atoms with Gasteiger partial charge in [0.05, 0.1) is 11.7 Å². The molecular weight excluding hydrogens is 441 g/mol. The smallest absolute Gasteiger partial charge is 0.543 e. The number of nitrogens with zero attached hydrogens (tertiary/aromatic N) is 3. The number of hydrogen-bond acceptors (Lipinski definition) is 10. The van der Waals surface area contributed by atoms with Gasteiger partial charge in [-0.2, -0.15) is 0 Å². The van der Waals surface area contributed by atoms with Crippen molar-refractivity contribution in [3.05, 3.63) is 35.0 Å². The third-order valence-electron chi connectivity index (χ3n) is 4.01. The molecule has 30 heavy (non-hydrogen) atoms. The molecule has 10 nitrogen and oxygen atoms in total. The summed E-state index contributed by atoms with van der Waals surface area (Å²) in [5, 5.41) is 18.8. The zero-order valence-electron chi connectivity index (χ0n) is 15.8. The van der Waals surface area contributed by atoms with Crippen LogP contribution in [0.2, 0.25) is 0 Å². The fourth-order valence-electron chi connectivity index (χ4n) is 2.73. The van der Waals surface area contributed by atoms with E-state index in [0.29, 0.717) is 11.3 Å². The van der Waals surface area contributed by atoms with Gasteiger partial charge in [-0.15, -0.1) is 29.5 Å².